The predicted octanol–water partition coefficient (Wildman–Crippen LogP) is 2.86. The van der Waals surface area contributed by atoms with Gasteiger partial charge in [0.25, 0.3) is 5.91 Å². The molecule has 3 rings (SSSR count). The standard InChI is InChI=1S/C18H17N3O2/c1-13-3-2-4-14(9-13)11-20-15-5-6-16-17(10-15)23-12-18(22)21(16)8-7-19/h2-6,9-10,20H,8,11-12H2,1H3. The summed E-state index contributed by atoms with van der Waals surface area (Å²) in [6.07, 6.45) is 0. The van der Waals surface area contributed by atoms with E-state index < -0.39 is 0 Å². The second-order valence-corrected chi connectivity index (χ2v) is 5.45. The van der Waals surface area contributed by atoms with Crippen LogP contribution in [0.2, 0.25) is 0 Å². The number of hydrogen-bond acceptors (Lipinski definition) is 4. The van der Waals surface area contributed by atoms with Crippen molar-refractivity contribution in [2.75, 3.05) is 23.4 Å². The molecule has 1 aliphatic rings. The Morgan fingerprint density at radius 3 is 2.96 bits per heavy atom. The first-order chi connectivity index (χ1) is 11.2. The van der Waals surface area contributed by atoms with Crippen molar-refractivity contribution in [3.05, 3.63) is 53.6 Å². The van der Waals surface area contributed by atoms with Crippen LogP contribution < -0.4 is 15.0 Å². The number of nitrogens with zero attached hydrogens (tertiary/aromatic N) is 2. The molecule has 2 aromatic carbocycles. The quantitative estimate of drug-likeness (QED) is 0.882. The fourth-order valence-electron chi connectivity index (χ4n) is 2.58. The Labute approximate surface area is 135 Å². The normalized spacial score (nSPS) is 13.0. The zero-order valence-corrected chi connectivity index (χ0v) is 12.9. The first-order valence-corrected chi connectivity index (χ1v) is 7.41. The summed E-state index contributed by atoms with van der Waals surface area (Å²) in [5.41, 5.74) is 3.98. The molecule has 0 bridgehead atoms. The molecule has 0 aliphatic carbocycles. The van der Waals surface area contributed by atoms with Crippen LogP contribution in [0.5, 0.6) is 5.75 Å². The maximum atomic E-state index is 11.8. The van der Waals surface area contributed by atoms with Gasteiger partial charge in [-0.1, -0.05) is 29.8 Å². The summed E-state index contributed by atoms with van der Waals surface area (Å²) in [7, 11) is 0. The number of nitriles is 1. The van der Waals surface area contributed by atoms with Crippen molar-refractivity contribution in [1.82, 2.24) is 0 Å². The number of fused-ring (bicyclic) bond motifs is 1. The third-order valence-corrected chi connectivity index (χ3v) is 3.71. The number of amides is 1. The Morgan fingerprint density at radius 2 is 2.17 bits per heavy atom. The summed E-state index contributed by atoms with van der Waals surface area (Å²) in [6, 6.07) is 15.9. The van der Waals surface area contributed by atoms with Gasteiger partial charge in [0.05, 0.1) is 11.8 Å². The van der Waals surface area contributed by atoms with Crippen molar-refractivity contribution in [3.63, 3.8) is 0 Å². The molecule has 0 fully saturated rings. The van der Waals surface area contributed by atoms with Crippen molar-refractivity contribution in [3.8, 4) is 11.8 Å². The number of hydrogen-bond donors (Lipinski definition) is 1. The highest BCUT2D eigenvalue weighted by atomic mass is 16.5. The van der Waals surface area contributed by atoms with Crippen molar-refractivity contribution < 1.29 is 9.53 Å². The molecule has 0 aromatic heterocycles. The fourth-order valence-corrected chi connectivity index (χ4v) is 2.58. The monoisotopic (exact) mass is 307 g/mol. The summed E-state index contributed by atoms with van der Waals surface area (Å²) in [5.74, 6) is 0.425. The number of benzene rings is 2. The number of aryl methyl sites for hydroxylation is 1. The summed E-state index contributed by atoms with van der Waals surface area (Å²) in [6.45, 7) is 2.78. The van der Waals surface area contributed by atoms with Crippen molar-refractivity contribution in [2.24, 2.45) is 0 Å². The number of rotatable bonds is 4. The molecule has 2 aromatic rings. The molecule has 116 valence electrons. The van der Waals surface area contributed by atoms with Gasteiger partial charge < -0.3 is 10.1 Å². The van der Waals surface area contributed by atoms with Crippen molar-refractivity contribution >= 4 is 17.3 Å². The molecule has 1 heterocycles. The van der Waals surface area contributed by atoms with Crippen LogP contribution in [0.4, 0.5) is 11.4 Å². The molecule has 5 heteroatoms. The number of carbonyl (C=O) groups is 1. The van der Waals surface area contributed by atoms with E-state index in [1.165, 1.54) is 16.0 Å². The minimum atomic E-state index is -0.195. The summed E-state index contributed by atoms with van der Waals surface area (Å²) in [4.78, 5) is 13.3. The van der Waals surface area contributed by atoms with E-state index in [0.29, 0.717) is 18.0 Å². The lowest BCUT2D eigenvalue weighted by Crippen LogP contribution is -2.38. The van der Waals surface area contributed by atoms with Gasteiger partial charge in [-0.05, 0) is 24.6 Å². The topological polar surface area (TPSA) is 65.4 Å². The van der Waals surface area contributed by atoms with Crippen LogP contribution in [-0.2, 0) is 11.3 Å². The highest BCUT2D eigenvalue weighted by Crippen LogP contribution is 2.34. The first-order valence-electron chi connectivity index (χ1n) is 7.41. The lowest BCUT2D eigenvalue weighted by molar-refractivity contribution is -0.121. The van der Waals surface area contributed by atoms with E-state index in [9.17, 15) is 4.79 Å². The molecule has 0 saturated carbocycles. The maximum Gasteiger partial charge on any atom is 0.265 e. The van der Waals surface area contributed by atoms with Gasteiger partial charge in [0.15, 0.2) is 6.61 Å². The molecule has 1 amide bonds. The van der Waals surface area contributed by atoms with Crippen molar-refractivity contribution in [2.45, 2.75) is 13.5 Å². The third kappa shape index (κ3) is 3.27. The first kappa shape index (κ1) is 14.9. The van der Waals surface area contributed by atoms with E-state index in [1.54, 1.807) is 0 Å². The molecule has 5 nitrogen and oxygen atoms in total. The number of ether oxygens (including phenoxy) is 1. The Kier molecular flexibility index (Phi) is 4.15. The van der Waals surface area contributed by atoms with Crippen LogP contribution in [0.25, 0.3) is 0 Å². The molecule has 0 spiro atoms. The Balaban J connectivity index is 1.76. The van der Waals surface area contributed by atoms with Gasteiger partial charge in [0.2, 0.25) is 0 Å². The lowest BCUT2D eigenvalue weighted by Gasteiger charge is -2.27. The van der Waals surface area contributed by atoms with Gasteiger partial charge in [-0.25, -0.2) is 0 Å². The van der Waals surface area contributed by atoms with Crippen LogP contribution in [0.3, 0.4) is 0 Å². The fraction of sp³-hybridized carbons (Fsp3) is 0.222. The largest absolute Gasteiger partial charge is 0.481 e. The molecular formula is C18H17N3O2. The average Bonchev–Trinajstić information content (AvgIpc) is 2.56. The lowest BCUT2D eigenvalue weighted by atomic mass is 10.1. The Bertz CT molecular complexity index is 780. The van der Waals surface area contributed by atoms with E-state index in [-0.39, 0.29) is 19.1 Å². The summed E-state index contributed by atoms with van der Waals surface area (Å²) < 4.78 is 5.48. The van der Waals surface area contributed by atoms with Gasteiger partial charge in [0.1, 0.15) is 12.3 Å². The van der Waals surface area contributed by atoms with Gasteiger partial charge in [-0.2, -0.15) is 5.26 Å². The van der Waals surface area contributed by atoms with E-state index in [4.69, 9.17) is 10.00 Å². The molecule has 0 radical (unpaired) electrons. The molecule has 1 N–H and O–H groups in total. The highest BCUT2D eigenvalue weighted by Gasteiger charge is 2.25. The Morgan fingerprint density at radius 1 is 1.30 bits per heavy atom. The molecule has 23 heavy (non-hydrogen) atoms. The minimum Gasteiger partial charge on any atom is -0.481 e. The van der Waals surface area contributed by atoms with Crippen LogP contribution in [-0.4, -0.2) is 19.1 Å². The molecule has 0 atom stereocenters. The molecule has 0 unspecified atom stereocenters. The van der Waals surface area contributed by atoms with Crippen LogP contribution in [0.15, 0.2) is 42.5 Å². The number of anilines is 2. The van der Waals surface area contributed by atoms with Gasteiger partial charge >= 0.3 is 0 Å². The van der Waals surface area contributed by atoms with E-state index in [2.05, 4.69) is 30.4 Å². The van der Waals surface area contributed by atoms with E-state index in [0.717, 1.165) is 5.69 Å². The minimum absolute atomic E-state index is 0.0317. The molecular weight excluding hydrogens is 290 g/mol. The second kappa shape index (κ2) is 6.41. The second-order valence-electron chi connectivity index (χ2n) is 5.45. The zero-order valence-electron chi connectivity index (χ0n) is 12.9. The highest BCUT2D eigenvalue weighted by molar-refractivity contribution is 5.98. The summed E-state index contributed by atoms with van der Waals surface area (Å²) in [5, 5.41) is 12.2. The van der Waals surface area contributed by atoms with Crippen molar-refractivity contribution in [1.29, 1.82) is 5.26 Å². The average molecular weight is 307 g/mol. The third-order valence-electron chi connectivity index (χ3n) is 3.71. The maximum absolute atomic E-state index is 11.8. The van der Waals surface area contributed by atoms with Crippen LogP contribution >= 0.6 is 0 Å². The van der Waals surface area contributed by atoms with E-state index in [1.807, 2.05) is 30.3 Å². The zero-order chi connectivity index (χ0) is 16.2. The number of carbonyl (C=O) groups excluding carboxylic acids is 1. The molecule has 0 saturated heterocycles. The van der Waals surface area contributed by atoms with Gasteiger partial charge in [0, 0.05) is 18.3 Å². The summed E-state index contributed by atoms with van der Waals surface area (Å²) >= 11 is 0. The van der Waals surface area contributed by atoms with Crippen LogP contribution in [0.1, 0.15) is 11.1 Å². The van der Waals surface area contributed by atoms with E-state index >= 15 is 0 Å². The van der Waals surface area contributed by atoms with Gasteiger partial charge in [-0.15, -0.1) is 0 Å². The number of nitrogens with one attached hydrogen (secondary N) is 1. The Hall–Kier alpha value is -3.00. The molecule has 1 aliphatic heterocycles. The van der Waals surface area contributed by atoms with Crippen LogP contribution in [0, 0.1) is 18.3 Å². The predicted molar refractivity (Wildman–Crippen MR) is 88.4 cm³/mol. The smallest absolute Gasteiger partial charge is 0.265 e. The SMILES string of the molecule is Cc1cccc(CNc2ccc3c(c2)OCC(=O)N3CC#N)c1. The van der Waals surface area contributed by atoms with Gasteiger partial charge in [-0.3, -0.25) is 9.69 Å².